The maximum atomic E-state index is 13.0. The summed E-state index contributed by atoms with van der Waals surface area (Å²) in [5.74, 6) is -1.51. The second-order valence-electron chi connectivity index (χ2n) is 16.9. The average molecular weight is 991 g/mol. The number of carbonyl (C=O) groups is 5. The van der Waals surface area contributed by atoms with Crippen molar-refractivity contribution < 1.29 is 51.3 Å². The molecular weight excluding hydrogens is 946 g/mol. The van der Waals surface area contributed by atoms with Gasteiger partial charge in [0.25, 0.3) is 17.7 Å². The fourth-order valence-electron chi connectivity index (χ4n) is 8.71. The van der Waals surface area contributed by atoms with Gasteiger partial charge in [0.05, 0.1) is 58.9 Å². The number of hydrogen-bond donors (Lipinski definition) is 3. The van der Waals surface area contributed by atoms with Gasteiger partial charge in [0.2, 0.25) is 21.8 Å². The number of sulfonamides is 1. The highest BCUT2D eigenvalue weighted by atomic mass is 35.5. The van der Waals surface area contributed by atoms with Gasteiger partial charge in [-0.2, -0.15) is 5.10 Å². The Bertz CT molecular complexity index is 2890. The van der Waals surface area contributed by atoms with Gasteiger partial charge in [0.15, 0.2) is 6.61 Å². The van der Waals surface area contributed by atoms with Crippen molar-refractivity contribution in [2.24, 2.45) is 5.41 Å². The number of pyridine rings is 2. The molecule has 68 heavy (non-hydrogen) atoms. The Balaban J connectivity index is 0.637. The largest absolute Gasteiger partial charge is 0.486 e. The number of rotatable bonds is 19. The molecule has 1 unspecified atom stereocenters. The van der Waals surface area contributed by atoms with E-state index in [9.17, 15) is 32.4 Å². The van der Waals surface area contributed by atoms with E-state index in [4.69, 9.17) is 47.1 Å². The molecule has 3 aromatic heterocycles. The lowest BCUT2D eigenvalue weighted by Crippen LogP contribution is -2.73. The van der Waals surface area contributed by atoms with Gasteiger partial charge in [-0.25, -0.2) is 17.7 Å². The number of anilines is 1. The van der Waals surface area contributed by atoms with E-state index in [0.717, 1.165) is 32.9 Å². The molecule has 2 aromatic carbocycles. The molecule has 0 aliphatic carbocycles. The lowest BCUT2D eigenvalue weighted by atomic mass is 9.74. The van der Waals surface area contributed by atoms with Crippen LogP contribution in [-0.4, -0.2) is 145 Å². The third-order valence-electron chi connectivity index (χ3n) is 12.2. The molecule has 5 aromatic rings. The fourth-order valence-corrected chi connectivity index (χ4v) is 10.9. The molecule has 7 heterocycles. The number of imide groups is 2. The fraction of sp³-hybridized carbons (Fsp3) is 0.378. The van der Waals surface area contributed by atoms with E-state index >= 15 is 0 Å². The first-order valence-electron chi connectivity index (χ1n) is 21.7. The minimum absolute atomic E-state index is 0.00926. The second kappa shape index (κ2) is 19.4. The second-order valence-corrected chi connectivity index (χ2v) is 19.8. The van der Waals surface area contributed by atoms with Crippen LogP contribution in [0.4, 0.5) is 5.82 Å². The van der Waals surface area contributed by atoms with Crippen molar-refractivity contribution in [1.82, 2.24) is 40.0 Å². The van der Waals surface area contributed by atoms with E-state index in [1.54, 1.807) is 6.20 Å². The number of amides is 5. The summed E-state index contributed by atoms with van der Waals surface area (Å²) in [6.45, 7) is 4.46. The third-order valence-corrected chi connectivity index (χ3v) is 14.5. The maximum Gasteiger partial charge on any atom is 0.262 e. The molecule has 0 radical (unpaired) electrons. The number of aromatic nitrogens is 4. The summed E-state index contributed by atoms with van der Waals surface area (Å²) < 4.78 is 50.2. The minimum atomic E-state index is -3.50. The van der Waals surface area contributed by atoms with E-state index in [1.807, 2.05) is 37.3 Å². The van der Waals surface area contributed by atoms with Crippen molar-refractivity contribution in [3.8, 4) is 22.8 Å². The van der Waals surface area contributed by atoms with Crippen LogP contribution < -0.4 is 25.0 Å². The van der Waals surface area contributed by atoms with Gasteiger partial charge >= 0.3 is 0 Å². The van der Waals surface area contributed by atoms with Crippen molar-refractivity contribution in [3.63, 3.8) is 0 Å². The molecule has 9 rings (SSSR count). The predicted octanol–water partition coefficient (Wildman–Crippen LogP) is 3.55. The van der Waals surface area contributed by atoms with Gasteiger partial charge in [-0.1, -0.05) is 23.2 Å². The van der Waals surface area contributed by atoms with Crippen LogP contribution in [0.5, 0.6) is 11.5 Å². The van der Waals surface area contributed by atoms with Crippen LogP contribution in [0.3, 0.4) is 0 Å². The number of hydrogen-bond acceptors (Lipinski definition) is 15. The van der Waals surface area contributed by atoms with Gasteiger partial charge < -0.3 is 29.2 Å². The topological polar surface area (TPSA) is 245 Å². The van der Waals surface area contributed by atoms with Crippen molar-refractivity contribution in [1.29, 1.82) is 0 Å². The first-order valence-corrected chi connectivity index (χ1v) is 24.1. The summed E-state index contributed by atoms with van der Waals surface area (Å²) in [7, 11) is -3.50. The van der Waals surface area contributed by atoms with Crippen molar-refractivity contribution >= 4 is 79.5 Å². The van der Waals surface area contributed by atoms with E-state index in [2.05, 4.69) is 30.7 Å². The highest BCUT2D eigenvalue weighted by Crippen LogP contribution is 2.43. The molecule has 23 heteroatoms. The Hall–Kier alpha value is -6.23. The molecule has 4 aliphatic heterocycles. The average Bonchev–Trinajstić information content (AvgIpc) is 3.81. The van der Waals surface area contributed by atoms with Crippen LogP contribution in [0.1, 0.15) is 52.1 Å². The zero-order chi connectivity index (χ0) is 47.7. The summed E-state index contributed by atoms with van der Waals surface area (Å²) in [5.41, 5.74) is 3.05. The van der Waals surface area contributed by atoms with E-state index < -0.39 is 51.7 Å². The first-order chi connectivity index (χ1) is 32.7. The van der Waals surface area contributed by atoms with E-state index in [0.29, 0.717) is 47.5 Å². The Morgan fingerprint density at radius 1 is 0.897 bits per heavy atom. The maximum absolute atomic E-state index is 13.0. The SMILES string of the molecule is C[C@@H](Oc1ccc2[nH]nc(-c3ccc(N4CC5(C4)CN(S(=O)(=O)CCOCCOCCNC(=O)COc4ccc6c(c4)C(=O)N(C4CCC(=O)NC4=O)C6=O)C5)nc3)c2c1)c1c(Cl)cncc1Cl. The standard InChI is InChI=1S/C45H45Cl2N9O11S/c1-26(40-33(46)19-48-20-34(40)47)67-29-4-6-35-32(17-29)41(53-52-35)27-2-8-37(50-18-27)54-22-45(23-54)24-55(25-45)68(62,63)15-14-65-13-12-64-11-10-49-39(58)21-66-28-3-5-30-31(16-28)44(61)56(43(30)60)36-7-9-38(57)51-42(36)59/h2-6,8,16-20,26,36H,7,9-15,21-25H2,1H3,(H,49,58)(H,52,53)(H,51,57,59)/t26-,36?/m1/s1. The van der Waals surface area contributed by atoms with Crippen LogP contribution in [0.2, 0.25) is 10.0 Å². The van der Waals surface area contributed by atoms with E-state index in [1.165, 1.54) is 34.9 Å². The van der Waals surface area contributed by atoms with Crippen LogP contribution in [-0.2, 0) is 33.9 Å². The molecule has 5 amide bonds. The number of H-pyrrole nitrogens is 1. The number of halogens is 2. The minimum Gasteiger partial charge on any atom is -0.486 e. The molecular formula is C45H45Cl2N9O11S. The Kier molecular flexibility index (Phi) is 13.4. The Morgan fingerprint density at radius 2 is 1.63 bits per heavy atom. The van der Waals surface area contributed by atoms with Crippen LogP contribution >= 0.6 is 23.2 Å². The lowest BCUT2D eigenvalue weighted by molar-refractivity contribution is -0.136. The predicted molar refractivity (Wildman–Crippen MR) is 246 cm³/mol. The number of benzene rings is 2. The first kappa shape index (κ1) is 46.9. The van der Waals surface area contributed by atoms with Crippen molar-refractivity contribution in [2.75, 3.05) is 76.4 Å². The van der Waals surface area contributed by atoms with Gasteiger partial charge in [-0.05, 0) is 61.9 Å². The highest BCUT2D eigenvalue weighted by Gasteiger charge is 2.55. The molecule has 0 bridgehead atoms. The smallest absolute Gasteiger partial charge is 0.262 e. The third kappa shape index (κ3) is 9.72. The molecule has 0 saturated carbocycles. The van der Waals surface area contributed by atoms with Gasteiger partial charge in [0, 0.05) is 79.7 Å². The molecule has 1 spiro atoms. The lowest BCUT2D eigenvalue weighted by Gasteiger charge is -2.59. The van der Waals surface area contributed by atoms with E-state index in [-0.39, 0.29) is 80.5 Å². The Labute approximate surface area is 399 Å². The van der Waals surface area contributed by atoms with Gasteiger partial charge in [-0.15, -0.1) is 0 Å². The zero-order valence-electron chi connectivity index (χ0n) is 36.5. The summed E-state index contributed by atoms with van der Waals surface area (Å²) in [4.78, 5) is 73.7. The van der Waals surface area contributed by atoms with Crippen molar-refractivity contribution in [3.05, 3.63) is 93.9 Å². The van der Waals surface area contributed by atoms with Crippen molar-refractivity contribution in [2.45, 2.75) is 31.9 Å². The molecule has 3 fully saturated rings. The molecule has 356 valence electrons. The molecule has 20 nitrogen and oxygen atoms in total. The molecule has 2 atom stereocenters. The van der Waals surface area contributed by atoms with Crippen LogP contribution in [0.25, 0.3) is 22.2 Å². The summed E-state index contributed by atoms with van der Waals surface area (Å²) in [6.07, 6.45) is 4.46. The zero-order valence-corrected chi connectivity index (χ0v) is 38.9. The molecule has 3 saturated heterocycles. The summed E-state index contributed by atoms with van der Waals surface area (Å²) in [6, 6.07) is 12.6. The number of piperidine rings is 1. The number of carbonyl (C=O) groups excluding carboxylic acids is 5. The number of ether oxygens (including phenoxy) is 4. The normalized spacial score (nSPS) is 18.3. The van der Waals surface area contributed by atoms with Crippen LogP contribution in [0.15, 0.2) is 67.1 Å². The Morgan fingerprint density at radius 3 is 2.37 bits per heavy atom. The monoisotopic (exact) mass is 989 g/mol. The summed E-state index contributed by atoms with van der Waals surface area (Å²) >= 11 is 12.7. The molecule has 3 N–H and O–H groups in total. The summed E-state index contributed by atoms with van der Waals surface area (Å²) in [5, 5.41) is 14.1. The van der Waals surface area contributed by atoms with Gasteiger partial charge in [-0.3, -0.25) is 44.3 Å². The van der Waals surface area contributed by atoms with Crippen LogP contribution in [0, 0.1) is 5.41 Å². The number of fused-ring (bicyclic) bond motifs is 2. The number of nitrogens with zero attached hydrogens (tertiary/aromatic N) is 6. The quantitative estimate of drug-likeness (QED) is 0.0792. The molecule has 4 aliphatic rings. The van der Waals surface area contributed by atoms with Gasteiger partial charge in [0.1, 0.15) is 35.2 Å². The highest BCUT2D eigenvalue weighted by molar-refractivity contribution is 7.89. The number of nitrogens with one attached hydrogen (secondary N) is 3. The number of aromatic amines is 1.